The molecule has 0 unspecified atom stereocenters. The van der Waals surface area contributed by atoms with Gasteiger partial charge >= 0.3 is 0 Å². The standard InChI is InChI=1S/C17H27N3O3S/c1-13(2)9-20-16-11-19(10-15-14(3)5-4-6-18-15)12-17(16)23-7-8-24(20,21)22/h4-6,13,16-17H,7-12H2,1-3H3/t16-,17+/m1/s1. The summed E-state index contributed by atoms with van der Waals surface area (Å²) in [5, 5.41) is 0. The molecule has 0 N–H and O–H groups in total. The van der Waals surface area contributed by atoms with Gasteiger partial charge in [-0.1, -0.05) is 19.9 Å². The zero-order valence-electron chi connectivity index (χ0n) is 14.7. The molecule has 1 aromatic rings. The van der Waals surface area contributed by atoms with E-state index in [4.69, 9.17) is 4.74 Å². The summed E-state index contributed by atoms with van der Waals surface area (Å²) in [6, 6.07) is 3.90. The largest absolute Gasteiger partial charge is 0.374 e. The van der Waals surface area contributed by atoms with Gasteiger partial charge in [0.15, 0.2) is 0 Å². The Morgan fingerprint density at radius 1 is 1.38 bits per heavy atom. The molecule has 0 amide bonds. The monoisotopic (exact) mass is 353 g/mol. The first-order chi connectivity index (χ1) is 11.4. The number of hydrogen-bond donors (Lipinski definition) is 0. The molecular formula is C17H27N3O3S. The van der Waals surface area contributed by atoms with Crippen molar-refractivity contribution in [2.24, 2.45) is 5.92 Å². The normalized spacial score (nSPS) is 28.0. The van der Waals surface area contributed by atoms with Gasteiger partial charge in [0.25, 0.3) is 0 Å². The Labute approximate surface area is 144 Å². The molecule has 0 aliphatic carbocycles. The smallest absolute Gasteiger partial charge is 0.216 e. The van der Waals surface area contributed by atoms with Gasteiger partial charge in [0.05, 0.1) is 30.2 Å². The van der Waals surface area contributed by atoms with E-state index in [1.807, 2.05) is 12.3 Å². The van der Waals surface area contributed by atoms with E-state index >= 15 is 0 Å². The van der Waals surface area contributed by atoms with E-state index in [0.29, 0.717) is 19.0 Å². The van der Waals surface area contributed by atoms with Crippen molar-refractivity contribution in [2.75, 3.05) is 32.0 Å². The maximum absolute atomic E-state index is 12.6. The molecule has 2 atom stereocenters. The van der Waals surface area contributed by atoms with Gasteiger partial charge in [-0.05, 0) is 24.5 Å². The van der Waals surface area contributed by atoms with Crippen LogP contribution >= 0.6 is 0 Å². The van der Waals surface area contributed by atoms with Crippen LogP contribution in [0.1, 0.15) is 25.1 Å². The molecule has 1 aromatic heterocycles. The summed E-state index contributed by atoms with van der Waals surface area (Å²) < 4.78 is 32.8. The van der Waals surface area contributed by atoms with Crippen LogP contribution in [0.3, 0.4) is 0 Å². The van der Waals surface area contributed by atoms with Gasteiger partial charge in [-0.15, -0.1) is 0 Å². The highest BCUT2D eigenvalue weighted by Crippen LogP contribution is 2.27. The lowest BCUT2D eigenvalue weighted by molar-refractivity contribution is 0.0453. The summed E-state index contributed by atoms with van der Waals surface area (Å²) in [7, 11) is -3.25. The number of ether oxygens (including phenoxy) is 1. The van der Waals surface area contributed by atoms with Crippen LogP contribution in [0.5, 0.6) is 0 Å². The van der Waals surface area contributed by atoms with E-state index in [1.165, 1.54) is 0 Å². The third-order valence-corrected chi connectivity index (χ3v) is 6.57. The second-order valence-corrected chi connectivity index (χ2v) is 9.26. The second-order valence-electron chi connectivity index (χ2n) is 7.22. The fourth-order valence-corrected chi connectivity index (χ4v) is 5.22. The van der Waals surface area contributed by atoms with Crippen molar-refractivity contribution in [3.8, 4) is 0 Å². The fraction of sp³-hybridized carbons (Fsp3) is 0.706. The summed E-state index contributed by atoms with van der Waals surface area (Å²) in [5.74, 6) is 0.386. The lowest BCUT2D eigenvalue weighted by atomic mass is 10.1. The quantitative estimate of drug-likeness (QED) is 0.815. The van der Waals surface area contributed by atoms with Crippen LogP contribution < -0.4 is 0 Å². The molecule has 2 aliphatic rings. The minimum absolute atomic E-state index is 0.0509. The van der Waals surface area contributed by atoms with Gasteiger partial charge in [0.1, 0.15) is 0 Å². The predicted octanol–water partition coefficient (Wildman–Crippen LogP) is 1.26. The zero-order valence-corrected chi connectivity index (χ0v) is 15.5. The predicted molar refractivity (Wildman–Crippen MR) is 93.1 cm³/mol. The first kappa shape index (κ1) is 17.8. The molecule has 3 heterocycles. The fourth-order valence-electron chi connectivity index (χ4n) is 3.54. The highest BCUT2D eigenvalue weighted by molar-refractivity contribution is 7.89. The summed E-state index contributed by atoms with van der Waals surface area (Å²) in [6.45, 7) is 9.21. The van der Waals surface area contributed by atoms with Crippen LogP contribution in [0.2, 0.25) is 0 Å². The number of fused-ring (bicyclic) bond motifs is 1. The second kappa shape index (κ2) is 7.07. The van der Waals surface area contributed by atoms with E-state index in [2.05, 4.69) is 36.7 Å². The first-order valence-corrected chi connectivity index (χ1v) is 10.2. The van der Waals surface area contributed by atoms with Crippen LogP contribution in [0.15, 0.2) is 18.3 Å². The van der Waals surface area contributed by atoms with Crippen molar-refractivity contribution in [1.82, 2.24) is 14.2 Å². The van der Waals surface area contributed by atoms with Gasteiger partial charge in [0, 0.05) is 32.4 Å². The molecule has 0 bridgehead atoms. The highest BCUT2D eigenvalue weighted by Gasteiger charge is 2.44. The van der Waals surface area contributed by atoms with E-state index in [9.17, 15) is 8.42 Å². The summed E-state index contributed by atoms with van der Waals surface area (Å²) in [5.41, 5.74) is 2.21. The van der Waals surface area contributed by atoms with Crippen molar-refractivity contribution in [2.45, 2.75) is 39.5 Å². The highest BCUT2D eigenvalue weighted by atomic mass is 32.2. The molecule has 0 spiro atoms. The van der Waals surface area contributed by atoms with E-state index < -0.39 is 10.0 Å². The molecule has 0 radical (unpaired) electrons. The van der Waals surface area contributed by atoms with E-state index in [1.54, 1.807) is 4.31 Å². The molecule has 6 nitrogen and oxygen atoms in total. The Kier molecular flexibility index (Phi) is 5.24. The maximum Gasteiger partial charge on any atom is 0.216 e. The molecule has 2 saturated heterocycles. The third-order valence-electron chi connectivity index (χ3n) is 4.75. The molecule has 24 heavy (non-hydrogen) atoms. The van der Waals surface area contributed by atoms with Crippen LogP contribution in [0, 0.1) is 12.8 Å². The number of rotatable bonds is 4. The SMILES string of the molecule is Cc1cccnc1CN1C[C@@H]2OCCS(=O)(=O)N(CC(C)C)[C@@H]2C1. The Hall–Kier alpha value is -1.02. The van der Waals surface area contributed by atoms with Gasteiger partial charge in [-0.25, -0.2) is 8.42 Å². The molecule has 3 rings (SSSR count). The van der Waals surface area contributed by atoms with Gasteiger partial charge in [-0.2, -0.15) is 4.31 Å². The molecule has 0 saturated carbocycles. The average Bonchev–Trinajstić information content (AvgIpc) is 2.84. The minimum Gasteiger partial charge on any atom is -0.374 e. The lowest BCUT2D eigenvalue weighted by Crippen LogP contribution is -2.47. The van der Waals surface area contributed by atoms with Crippen molar-refractivity contribution in [3.05, 3.63) is 29.6 Å². The van der Waals surface area contributed by atoms with Crippen LogP contribution in [0.25, 0.3) is 0 Å². The summed E-state index contributed by atoms with van der Waals surface area (Å²) >= 11 is 0. The number of hydrogen-bond acceptors (Lipinski definition) is 5. The maximum atomic E-state index is 12.6. The topological polar surface area (TPSA) is 62.7 Å². The Bertz CT molecular complexity index is 677. The summed E-state index contributed by atoms with van der Waals surface area (Å²) in [4.78, 5) is 6.72. The number of likely N-dealkylation sites (tertiary alicyclic amines) is 1. The van der Waals surface area contributed by atoms with Gasteiger partial charge in [-0.3, -0.25) is 9.88 Å². The first-order valence-electron chi connectivity index (χ1n) is 8.61. The summed E-state index contributed by atoms with van der Waals surface area (Å²) in [6.07, 6.45) is 1.76. The number of aromatic nitrogens is 1. The van der Waals surface area contributed by atoms with Crippen molar-refractivity contribution in [1.29, 1.82) is 0 Å². The number of nitrogens with zero attached hydrogens (tertiary/aromatic N) is 3. The van der Waals surface area contributed by atoms with Gasteiger partial charge in [0.2, 0.25) is 10.0 Å². The Morgan fingerprint density at radius 3 is 2.88 bits per heavy atom. The average molecular weight is 353 g/mol. The van der Waals surface area contributed by atoms with E-state index in [-0.39, 0.29) is 24.5 Å². The van der Waals surface area contributed by atoms with Gasteiger partial charge < -0.3 is 4.74 Å². The number of pyridine rings is 1. The van der Waals surface area contributed by atoms with E-state index in [0.717, 1.165) is 24.3 Å². The van der Waals surface area contributed by atoms with Crippen LogP contribution in [-0.4, -0.2) is 66.7 Å². The van der Waals surface area contributed by atoms with Crippen LogP contribution in [0.4, 0.5) is 0 Å². The molecular weight excluding hydrogens is 326 g/mol. The molecule has 0 aromatic carbocycles. The zero-order chi connectivity index (χ0) is 17.3. The molecule has 134 valence electrons. The molecule has 2 aliphatic heterocycles. The van der Waals surface area contributed by atoms with Crippen LogP contribution in [-0.2, 0) is 21.3 Å². The minimum atomic E-state index is -3.25. The Morgan fingerprint density at radius 2 is 2.17 bits per heavy atom. The Balaban J connectivity index is 1.78. The third kappa shape index (κ3) is 3.79. The molecule has 7 heteroatoms. The number of aryl methyl sites for hydroxylation is 1. The van der Waals surface area contributed by atoms with Crippen molar-refractivity contribution >= 4 is 10.0 Å². The number of sulfonamides is 1. The molecule has 2 fully saturated rings. The lowest BCUT2D eigenvalue weighted by Gasteiger charge is -2.29. The van der Waals surface area contributed by atoms with Crippen molar-refractivity contribution in [3.63, 3.8) is 0 Å². The van der Waals surface area contributed by atoms with Crippen molar-refractivity contribution < 1.29 is 13.2 Å².